The van der Waals surface area contributed by atoms with Crippen LogP contribution in [0.2, 0.25) is 0 Å². The van der Waals surface area contributed by atoms with Crippen LogP contribution in [0, 0.1) is 0 Å². The standard InChI is InChI=1S/C19H24N2O.C17H21N.C3H6Br2O/c22-19-15-20(13-17-7-3-1-4-8-17)11-12-21(16-19)14-18-9-5-2-6-10-18;1-3-9-16(10-4-1)11-7-8-14-18-15-17-12-5-2-6-13-17;4-1-3(6)2-5/h1-10,19,22H,11-16H2;1-6,9-10,12-13,18H,7-8,11,14-15H2;3,6H,1-2H2. The molecule has 7 heteroatoms. The summed E-state index contributed by atoms with van der Waals surface area (Å²) in [4.78, 5) is 4.70. The van der Waals surface area contributed by atoms with E-state index in [2.05, 4.69) is 156 Å². The van der Waals surface area contributed by atoms with Crippen LogP contribution in [0.1, 0.15) is 35.1 Å². The van der Waals surface area contributed by atoms with Gasteiger partial charge in [0.1, 0.15) is 0 Å². The molecule has 1 aliphatic rings. The molecule has 4 aromatic rings. The van der Waals surface area contributed by atoms with E-state index in [-0.39, 0.29) is 12.2 Å². The van der Waals surface area contributed by atoms with Crippen molar-refractivity contribution < 1.29 is 10.2 Å². The van der Waals surface area contributed by atoms with Crippen LogP contribution in [0.25, 0.3) is 0 Å². The Bertz CT molecular complexity index is 1170. The van der Waals surface area contributed by atoms with Gasteiger partial charge in [-0.25, -0.2) is 0 Å². The number of aryl methyl sites for hydroxylation is 1. The number of unbranched alkanes of at least 4 members (excludes halogenated alkanes) is 1. The predicted molar refractivity (Wildman–Crippen MR) is 201 cm³/mol. The van der Waals surface area contributed by atoms with Crippen molar-refractivity contribution in [2.24, 2.45) is 0 Å². The van der Waals surface area contributed by atoms with E-state index in [1.807, 2.05) is 12.1 Å². The van der Waals surface area contributed by atoms with E-state index in [4.69, 9.17) is 5.11 Å². The van der Waals surface area contributed by atoms with Gasteiger partial charge in [0.2, 0.25) is 0 Å². The third kappa shape index (κ3) is 17.0. The van der Waals surface area contributed by atoms with E-state index in [1.165, 1.54) is 41.5 Å². The zero-order valence-corrected chi connectivity index (χ0v) is 30.1. The number of hydrogen-bond acceptors (Lipinski definition) is 5. The van der Waals surface area contributed by atoms with Crippen molar-refractivity contribution in [1.82, 2.24) is 15.1 Å². The number of hydrogen-bond donors (Lipinski definition) is 3. The molecule has 4 aromatic carbocycles. The van der Waals surface area contributed by atoms with Gasteiger partial charge in [0, 0.05) is 56.5 Å². The third-order valence-electron chi connectivity index (χ3n) is 7.61. The molecule has 0 atom stereocenters. The largest absolute Gasteiger partial charge is 0.391 e. The Morgan fingerprint density at radius 2 is 1.02 bits per heavy atom. The Morgan fingerprint density at radius 1 is 0.609 bits per heavy atom. The van der Waals surface area contributed by atoms with Gasteiger partial charge in [-0.2, -0.15) is 0 Å². The molecule has 0 aliphatic carbocycles. The highest BCUT2D eigenvalue weighted by molar-refractivity contribution is 9.09. The third-order valence-corrected chi connectivity index (χ3v) is 9.10. The zero-order chi connectivity index (χ0) is 32.7. The molecule has 0 bridgehead atoms. The summed E-state index contributed by atoms with van der Waals surface area (Å²) < 4.78 is 0. The number of alkyl halides is 2. The van der Waals surface area contributed by atoms with Crippen molar-refractivity contribution in [2.75, 3.05) is 43.4 Å². The van der Waals surface area contributed by atoms with E-state index in [9.17, 15) is 5.11 Å². The summed E-state index contributed by atoms with van der Waals surface area (Å²) in [6.45, 7) is 7.40. The second-order valence-electron chi connectivity index (χ2n) is 11.7. The summed E-state index contributed by atoms with van der Waals surface area (Å²) in [5, 5.41) is 23.7. The van der Waals surface area contributed by atoms with Crippen molar-refractivity contribution in [3.8, 4) is 0 Å². The molecule has 1 aliphatic heterocycles. The number of aliphatic hydroxyl groups excluding tert-OH is 2. The molecule has 1 saturated heterocycles. The van der Waals surface area contributed by atoms with Gasteiger partial charge in [-0.05, 0) is 48.1 Å². The summed E-state index contributed by atoms with van der Waals surface area (Å²) in [7, 11) is 0. The van der Waals surface area contributed by atoms with Crippen LogP contribution < -0.4 is 5.32 Å². The van der Waals surface area contributed by atoms with Crippen LogP contribution in [-0.2, 0) is 26.1 Å². The zero-order valence-electron chi connectivity index (χ0n) is 26.9. The van der Waals surface area contributed by atoms with E-state index in [1.54, 1.807) is 0 Å². The molecular weight excluding hydrogens is 702 g/mol. The molecule has 0 amide bonds. The monoisotopic (exact) mass is 751 g/mol. The van der Waals surface area contributed by atoms with Crippen molar-refractivity contribution >= 4 is 31.9 Å². The minimum absolute atomic E-state index is 0.231. The van der Waals surface area contributed by atoms with Crippen LogP contribution in [0.3, 0.4) is 0 Å². The first kappa shape index (κ1) is 38.1. The highest BCUT2D eigenvalue weighted by atomic mass is 79.9. The Hall–Kier alpha value is -2.36. The molecule has 46 heavy (non-hydrogen) atoms. The molecule has 0 unspecified atom stereocenters. The highest BCUT2D eigenvalue weighted by Gasteiger charge is 2.21. The SMILES string of the molecule is OC(CBr)CBr.OC1CN(Cc2ccccc2)CCN(Cc2ccccc2)C1.c1ccc(CCCCNCc2ccccc2)cc1. The maximum Gasteiger partial charge on any atom is 0.0794 e. The fourth-order valence-electron chi connectivity index (χ4n) is 5.18. The topological polar surface area (TPSA) is 59.0 Å². The van der Waals surface area contributed by atoms with Crippen molar-refractivity contribution in [3.63, 3.8) is 0 Å². The number of halogens is 2. The van der Waals surface area contributed by atoms with Crippen LogP contribution in [0.5, 0.6) is 0 Å². The number of rotatable bonds is 13. The lowest BCUT2D eigenvalue weighted by molar-refractivity contribution is 0.106. The summed E-state index contributed by atoms with van der Waals surface area (Å²) in [5.41, 5.74) is 5.43. The van der Waals surface area contributed by atoms with Gasteiger partial charge >= 0.3 is 0 Å². The molecule has 5 rings (SSSR count). The fraction of sp³-hybridized carbons (Fsp3) is 0.385. The normalized spacial score (nSPS) is 14.1. The first-order valence-corrected chi connectivity index (χ1v) is 18.6. The highest BCUT2D eigenvalue weighted by Crippen LogP contribution is 2.12. The number of nitrogens with one attached hydrogen (secondary N) is 1. The number of aliphatic hydroxyl groups is 2. The quantitative estimate of drug-likeness (QED) is 0.0990. The van der Waals surface area contributed by atoms with Crippen LogP contribution in [0.15, 0.2) is 121 Å². The average Bonchev–Trinajstić information content (AvgIpc) is 3.28. The van der Waals surface area contributed by atoms with E-state index in [0.29, 0.717) is 10.7 Å². The number of nitrogens with zero attached hydrogens (tertiary/aromatic N) is 2. The molecule has 3 N–H and O–H groups in total. The average molecular weight is 754 g/mol. The molecule has 0 saturated carbocycles. The van der Waals surface area contributed by atoms with Crippen molar-refractivity contribution in [1.29, 1.82) is 0 Å². The maximum atomic E-state index is 10.3. The molecule has 0 aromatic heterocycles. The predicted octanol–water partition coefficient (Wildman–Crippen LogP) is 7.30. The Morgan fingerprint density at radius 3 is 1.43 bits per heavy atom. The summed E-state index contributed by atoms with van der Waals surface area (Å²) in [6.07, 6.45) is 3.17. The fourth-order valence-corrected chi connectivity index (χ4v) is 6.26. The van der Waals surface area contributed by atoms with Crippen LogP contribution in [-0.4, -0.2) is 75.6 Å². The Labute approximate surface area is 293 Å². The lowest BCUT2D eigenvalue weighted by atomic mass is 10.1. The van der Waals surface area contributed by atoms with Gasteiger partial charge in [-0.1, -0.05) is 153 Å². The summed E-state index contributed by atoms with van der Waals surface area (Å²) in [6, 6.07) is 42.3. The molecule has 1 fully saturated rings. The second-order valence-corrected chi connectivity index (χ2v) is 13.0. The van der Waals surface area contributed by atoms with Crippen LogP contribution >= 0.6 is 31.9 Å². The van der Waals surface area contributed by atoms with E-state index < -0.39 is 0 Å². The summed E-state index contributed by atoms with van der Waals surface area (Å²) >= 11 is 6.19. The Balaban J connectivity index is 0.000000216. The smallest absolute Gasteiger partial charge is 0.0794 e. The molecule has 0 spiro atoms. The van der Waals surface area contributed by atoms with Gasteiger partial charge in [-0.15, -0.1) is 0 Å². The lowest BCUT2D eigenvalue weighted by Gasteiger charge is -2.21. The van der Waals surface area contributed by atoms with Gasteiger partial charge in [-0.3, -0.25) is 9.80 Å². The first-order chi connectivity index (χ1) is 22.6. The number of β-amino-alcohol motifs (C(OH)–C–C–N with tert-alkyl or cyclic N) is 1. The molecule has 5 nitrogen and oxygen atoms in total. The minimum atomic E-state index is -0.282. The molecular formula is C39H51Br2N3O2. The Kier molecular flexibility index (Phi) is 19.8. The van der Waals surface area contributed by atoms with Gasteiger partial charge in [0.05, 0.1) is 12.2 Å². The lowest BCUT2D eigenvalue weighted by Crippen LogP contribution is -2.33. The van der Waals surface area contributed by atoms with E-state index in [0.717, 1.165) is 52.4 Å². The van der Waals surface area contributed by atoms with Gasteiger partial charge in [0.15, 0.2) is 0 Å². The summed E-state index contributed by atoms with van der Waals surface area (Å²) in [5.74, 6) is 0. The second kappa shape index (κ2) is 23.9. The molecule has 0 radical (unpaired) electrons. The first-order valence-electron chi connectivity index (χ1n) is 16.3. The van der Waals surface area contributed by atoms with E-state index >= 15 is 0 Å². The van der Waals surface area contributed by atoms with Crippen molar-refractivity contribution in [3.05, 3.63) is 144 Å². The van der Waals surface area contributed by atoms with Gasteiger partial charge < -0.3 is 15.5 Å². The van der Waals surface area contributed by atoms with Crippen LogP contribution in [0.4, 0.5) is 0 Å². The molecule has 1 heterocycles. The number of benzene rings is 4. The molecule has 248 valence electrons. The van der Waals surface area contributed by atoms with Gasteiger partial charge in [0.25, 0.3) is 0 Å². The maximum absolute atomic E-state index is 10.3. The van der Waals surface area contributed by atoms with Crippen molar-refractivity contribution in [2.45, 2.75) is 51.1 Å². The minimum Gasteiger partial charge on any atom is -0.391 e.